The first-order valence-electron chi connectivity index (χ1n) is 26.9. The normalized spacial score (nSPS) is 13.9. The van der Waals surface area contributed by atoms with Gasteiger partial charge in [0.05, 0.1) is 68.9 Å². The average molecular weight is 1170 g/mol. The van der Waals surface area contributed by atoms with Gasteiger partial charge in [0.1, 0.15) is 29.9 Å². The van der Waals surface area contributed by atoms with Crippen molar-refractivity contribution in [3.8, 4) is 63.0 Å². The third-order valence-electron chi connectivity index (χ3n) is 14.6. The van der Waals surface area contributed by atoms with Gasteiger partial charge in [-0.15, -0.1) is 20.4 Å². The molecule has 2 N–H and O–H groups in total. The molecule has 6 heterocycles. The van der Waals surface area contributed by atoms with Gasteiger partial charge in [-0.25, -0.2) is 4.98 Å². The molecule has 2 amide bonds. The summed E-state index contributed by atoms with van der Waals surface area (Å²) in [5.41, 5.74) is 2.56. The van der Waals surface area contributed by atoms with E-state index in [2.05, 4.69) is 47.7 Å². The molecule has 0 bridgehead atoms. The number of aromatic nitrogens is 8. The van der Waals surface area contributed by atoms with E-state index in [1.54, 1.807) is 78.8 Å². The molecule has 4 aromatic carbocycles. The summed E-state index contributed by atoms with van der Waals surface area (Å²) in [6, 6.07) is 27.0. The molecule has 1 fully saturated rings. The van der Waals surface area contributed by atoms with E-state index in [0.717, 1.165) is 29.9 Å². The van der Waals surface area contributed by atoms with Crippen LogP contribution in [0.1, 0.15) is 89.7 Å². The fourth-order valence-corrected chi connectivity index (χ4v) is 10.4. The number of rotatable bonds is 19. The summed E-state index contributed by atoms with van der Waals surface area (Å²) in [5.74, 6) is -0.275. The smallest absolute Gasteiger partial charge is 0.416 e. The quantitative estimate of drug-likeness (QED) is 0.0570. The van der Waals surface area contributed by atoms with Gasteiger partial charge in [-0.05, 0) is 131 Å². The Hall–Kier alpha value is -9.40. The van der Waals surface area contributed by atoms with Crippen molar-refractivity contribution in [2.45, 2.75) is 57.4 Å². The van der Waals surface area contributed by atoms with Crippen molar-refractivity contribution in [3.63, 3.8) is 0 Å². The number of hydrogen-bond donors (Lipinski definition) is 2. The molecule has 25 heteroatoms. The summed E-state index contributed by atoms with van der Waals surface area (Å²) in [7, 11) is 5.21. The lowest BCUT2D eigenvalue weighted by Crippen LogP contribution is -2.24. The molecule has 434 valence electrons. The number of hydrogen-bond acceptors (Lipinski definition) is 14. The molecule has 3 aliphatic rings. The Morgan fingerprint density at radius 3 is 1.73 bits per heavy atom. The van der Waals surface area contributed by atoms with E-state index in [-0.39, 0.29) is 110 Å². The van der Waals surface area contributed by atoms with Gasteiger partial charge in [-0.2, -0.15) is 36.6 Å². The zero-order valence-electron chi connectivity index (χ0n) is 45.9. The highest BCUT2D eigenvalue weighted by Gasteiger charge is 2.43. The number of carbonyl (C=O) groups excluding carboxylic acids is 2. The number of aryl methyl sites for hydroxylation is 2. The number of alkyl halides is 6. The van der Waals surface area contributed by atoms with Gasteiger partial charge in [-0.1, -0.05) is 17.0 Å². The monoisotopic (exact) mass is 1160 g/mol. The maximum atomic E-state index is 14.7. The second-order valence-corrected chi connectivity index (χ2v) is 20.5. The van der Waals surface area contributed by atoms with Gasteiger partial charge in [0.25, 0.3) is 18.4 Å². The van der Waals surface area contributed by atoms with E-state index < -0.39 is 41.8 Å². The fraction of sp³-hybridized carbons (Fsp3) is 0.300. The van der Waals surface area contributed by atoms with Gasteiger partial charge in [0.2, 0.25) is 5.88 Å². The standard InChI is InChI=1S/C60H52F6N13O6/c1-68-10-13-83-30-36-18-46-48(49(20-36)59(61,62)63)29-79(58(46)82)53-24-40(42-8-4-34(26-67)16-43(42)55-74-70-32-76(55)2)25-54(73-53)85-14-11-69-27-35-5-9-41(44(17-35)56-75-71-33-77(56)3)39-22-51(38-6-7-38)72-52(23-39)78-28-47-45(57(78)81)19-37(31-84-15-12-80)21-50(47)60(64,65)66/h4-5,8-9,16-25,32-33,38,68,80H,6-7,10-15,28-31H2,1-3H3/q+1. The van der Waals surface area contributed by atoms with E-state index in [4.69, 9.17) is 19.2 Å². The zero-order chi connectivity index (χ0) is 59.7. The second kappa shape index (κ2) is 23.7. The highest BCUT2D eigenvalue weighted by Crippen LogP contribution is 2.46. The van der Waals surface area contributed by atoms with Crippen LogP contribution in [0.5, 0.6) is 5.88 Å². The van der Waals surface area contributed by atoms with Crippen molar-refractivity contribution < 1.29 is 55.2 Å². The number of amides is 2. The van der Waals surface area contributed by atoms with E-state index >= 15 is 0 Å². The molecule has 2 aliphatic heterocycles. The summed E-state index contributed by atoms with van der Waals surface area (Å²) in [4.78, 5) is 44.9. The number of aliphatic hydroxyl groups excluding tert-OH is 1. The van der Waals surface area contributed by atoms with Gasteiger partial charge in [0.15, 0.2) is 18.3 Å². The number of pyridine rings is 2. The van der Waals surface area contributed by atoms with Crippen LogP contribution in [-0.2, 0) is 62.2 Å². The van der Waals surface area contributed by atoms with Crippen molar-refractivity contribution in [1.82, 2.24) is 44.8 Å². The molecule has 11 rings (SSSR count). The maximum absolute atomic E-state index is 14.7. The molecule has 0 saturated heterocycles. The Morgan fingerprint density at radius 1 is 0.671 bits per heavy atom. The molecule has 8 aromatic rings. The lowest BCUT2D eigenvalue weighted by Gasteiger charge is -2.19. The number of benzene rings is 4. The number of aliphatic hydroxyl groups is 1. The minimum atomic E-state index is -4.80. The topological polar surface area (TPSA) is 216 Å². The lowest BCUT2D eigenvalue weighted by atomic mass is 9.96. The lowest BCUT2D eigenvalue weighted by molar-refractivity contribution is -0.139. The van der Waals surface area contributed by atoms with Crippen LogP contribution >= 0.6 is 0 Å². The highest BCUT2D eigenvalue weighted by molar-refractivity contribution is 6.11. The first kappa shape index (κ1) is 57.4. The minimum absolute atomic E-state index is 0.000460. The van der Waals surface area contributed by atoms with Gasteiger partial charge < -0.3 is 33.8 Å². The number of nitriles is 1. The number of fused-ring (bicyclic) bond motifs is 2. The first-order chi connectivity index (χ1) is 40.9. The van der Waals surface area contributed by atoms with Crippen molar-refractivity contribution in [2.75, 3.05) is 56.4 Å². The molecular weight excluding hydrogens is 1110 g/mol. The number of ether oxygens (including phenoxy) is 3. The van der Waals surface area contributed by atoms with E-state index in [1.807, 2.05) is 12.1 Å². The molecule has 19 nitrogen and oxygen atoms in total. The predicted molar refractivity (Wildman–Crippen MR) is 297 cm³/mol. The summed E-state index contributed by atoms with van der Waals surface area (Å²) in [6.07, 6.45) is -4.88. The molecule has 1 aliphatic carbocycles. The van der Waals surface area contributed by atoms with Crippen molar-refractivity contribution in [2.24, 2.45) is 14.1 Å². The molecule has 0 radical (unpaired) electrons. The van der Waals surface area contributed by atoms with Crippen LogP contribution in [0.2, 0.25) is 0 Å². The van der Waals surface area contributed by atoms with Gasteiger partial charge >= 0.3 is 18.4 Å². The minimum Gasteiger partial charge on any atom is -0.469 e. The van der Waals surface area contributed by atoms with Crippen LogP contribution in [-0.4, -0.2) is 103 Å². The highest BCUT2D eigenvalue weighted by atomic mass is 19.4. The first-order valence-corrected chi connectivity index (χ1v) is 26.9. The summed E-state index contributed by atoms with van der Waals surface area (Å²) >= 11 is 0. The van der Waals surface area contributed by atoms with Crippen molar-refractivity contribution in [1.29, 1.82) is 5.26 Å². The SMILES string of the molecule is CNCCOCc1cc2c(c(C(F)(F)F)c1)CN(c1cc(-c3ccc(C#N)cc3-c3nncn3C)cc(OCC[N+]#Cc3ccc(-c4cc(C5CC5)nc(N5Cc6c(cc(COCCO)cc6C(F)(F)F)C5=O)c4)c(-c4nncn4C)c3)n1)C2=O. The largest absolute Gasteiger partial charge is 0.469 e. The van der Waals surface area contributed by atoms with Crippen LogP contribution in [0.3, 0.4) is 0 Å². The Labute approximate surface area is 481 Å². The van der Waals surface area contributed by atoms with Crippen LogP contribution in [0.4, 0.5) is 38.0 Å². The van der Waals surface area contributed by atoms with Gasteiger partial charge in [0, 0.05) is 60.6 Å². The molecule has 85 heavy (non-hydrogen) atoms. The van der Waals surface area contributed by atoms with E-state index in [9.17, 15) is 46.3 Å². The Kier molecular flexibility index (Phi) is 16.0. The molecule has 0 unspecified atom stereocenters. The summed E-state index contributed by atoms with van der Waals surface area (Å²) < 4.78 is 109. The zero-order valence-corrected chi connectivity index (χ0v) is 45.9. The maximum Gasteiger partial charge on any atom is 0.416 e. The number of anilines is 2. The number of nitrogens with zero attached hydrogens (tertiary/aromatic N) is 12. The summed E-state index contributed by atoms with van der Waals surface area (Å²) in [6.45, 7) is -0.997. The number of carbonyl (C=O) groups is 2. The molecular formula is C60H52F6N13O6+. The summed E-state index contributed by atoms with van der Waals surface area (Å²) in [5, 5.41) is 38.8. The molecule has 0 atom stereocenters. The number of likely N-dealkylation sites (N-methyl/N-ethyl adjacent to an activating group) is 1. The molecule has 4 aromatic heterocycles. The third kappa shape index (κ3) is 12.1. The fourth-order valence-electron chi connectivity index (χ4n) is 10.4. The van der Waals surface area contributed by atoms with Gasteiger partial charge in [-0.3, -0.25) is 19.4 Å². The van der Waals surface area contributed by atoms with Crippen LogP contribution in [0.25, 0.3) is 49.9 Å². The van der Waals surface area contributed by atoms with E-state index in [1.165, 1.54) is 29.7 Å². The molecule has 1 saturated carbocycles. The number of halogens is 6. The average Bonchev–Trinajstić information content (AvgIpc) is 3.59. The van der Waals surface area contributed by atoms with E-state index in [0.29, 0.717) is 68.4 Å². The van der Waals surface area contributed by atoms with Crippen LogP contribution in [0.15, 0.2) is 97.6 Å². The van der Waals surface area contributed by atoms with Crippen LogP contribution in [0, 0.1) is 17.4 Å². The van der Waals surface area contributed by atoms with Crippen molar-refractivity contribution >= 4 is 23.5 Å². The van der Waals surface area contributed by atoms with Crippen molar-refractivity contribution in [3.05, 3.63) is 164 Å². The Bertz CT molecular complexity index is 4030. The van der Waals surface area contributed by atoms with Crippen LogP contribution < -0.4 is 19.9 Å². The Morgan fingerprint density at radius 2 is 1.21 bits per heavy atom. The molecule has 0 spiro atoms. The second-order valence-electron chi connectivity index (χ2n) is 20.5. The predicted octanol–water partition coefficient (Wildman–Crippen LogP) is 9.51. The Balaban J connectivity index is 0.894. The number of nitrogens with one attached hydrogen (secondary N) is 1. The third-order valence-corrected chi connectivity index (χ3v) is 14.6.